The number of aryl methyl sites for hydroxylation is 1. The van der Waals surface area contributed by atoms with Crippen LogP contribution in [-0.4, -0.2) is 55.8 Å². The Hall–Kier alpha value is -2.52. The van der Waals surface area contributed by atoms with Crippen molar-refractivity contribution in [3.8, 4) is 0 Å². The fourth-order valence-electron chi connectivity index (χ4n) is 3.17. The van der Waals surface area contributed by atoms with Gasteiger partial charge in [0.2, 0.25) is 16.0 Å². The molecule has 0 unspecified atom stereocenters. The van der Waals surface area contributed by atoms with Crippen molar-refractivity contribution >= 4 is 21.9 Å². The predicted molar refractivity (Wildman–Crippen MR) is 111 cm³/mol. The molecule has 1 saturated heterocycles. The van der Waals surface area contributed by atoms with Gasteiger partial charge in [0.1, 0.15) is 5.69 Å². The van der Waals surface area contributed by atoms with Crippen LogP contribution in [0.2, 0.25) is 0 Å². The number of hydrogen-bond acceptors (Lipinski definition) is 6. The standard InChI is InChI=1S/C20H27N5O3S/c1-15-13-18(23-20(22-15)25-11-5-4-6-12-25)19(26)21-14-16-7-9-17(10-8-16)29(27,28)24(2)3/h7-10,13H,4-6,11-12,14H2,1-3H3,(H,21,26). The number of piperidine rings is 1. The van der Waals surface area contributed by atoms with Crippen molar-refractivity contribution in [2.24, 2.45) is 0 Å². The highest BCUT2D eigenvalue weighted by molar-refractivity contribution is 7.89. The van der Waals surface area contributed by atoms with Gasteiger partial charge in [0, 0.05) is 39.4 Å². The Kier molecular flexibility index (Phi) is 6.49. The molecule has 0 radical (unpaired) electrons. The van der Waals surface area contributed by atoms with Crippen molar-refractivity contribution in [1.82, 2.24) is 19.6 Å². The molecule has 8 nitrogen and oxygen atoms in total. The number of carbonyl (C=O) groups is 1. The quantitative estimate of drug-likeness (QED) is 0.772. The van der Waals surface area contributed by atoms with Gasteiger partial charge in [-0.3, -0.25) is 4.79 Å². The summed E-state index contributed by atoms with van der Waals surface area (Å²) in [5.41, 5.74) is 1.90. The van der Waals surface area contributed by atoms with E-state index < -0.39 is 10.0 Å². The molecule has 1 amide bonds. The molecule has 0 saturated carbocycles. The Morgan fingerprint density at radius 2 is 1.76 bits per heavy atom. The van der Waals surface area contributed by atoms with Crippen LogP contribution in [0, 0.1) is 6.92 Å². The van der Waals surface area contributed by atoms with Crippen LogP contribution in [0.15, 0.2) is 35.2 Å². The lowest BCUT2D eigenvalue weighted by Crippen LogP contribution is -2.32. The first-order valence-electron chi connectivity index (χ1n) is 9.67. The van der Waals surface area contributed by atoms with Crippen molar-refractivity contribution in [3.05, 3.63) is 47.3 Å². The number of carbonyl (C=O) groups excluding carboxylic acids is 1. The minimum atomic E-state index is -3.46. The van der Waals surface area contributed by atoms with Gasteiger partial charge in [-0.15, -0.1) is 0 Å². The molecule has 3 rings (SSSR count). The van der Waals surface area contributed by atoms with Gasteiger partial charge in [0.25, 0.3) is 5.91 Å². The van der Waals surface area contributed by atoms with Crippen LogP contribution in [0.25, 0.3) is 0 Å². The third-order valence-electron chi connectivity index (χ3n) is 4.87. The molecule has 29 heavy (non-hydrogen) atoms. The smallest absolute Gasteiger partial charge is 0.270 e. The minimum absolute atomic E-state index is 0.218. The number of benzene rings is 1. The van der Waals surface area contributed by atoms with E-state index in [1.54, 1.807) is 30.3 Å². The summed E-state index contributed by atoms with van der Waals surface area (Å²) in [6, 6.07) is 8.15. The number of nitrogens with one attached hydrogen (secondary N) is 1. The van der Waals surface area contributed by atoms with Crippen LogP contribution in [0.5, 0.6) is 0 Å². The molecule has 0 atom stereocenters. The molecule has 1 aliphatic rings. The molecule has 1 N–H and O–H groups in total. The summed E-state index contributed by atoms with van der Waals surface area (Å²) in [7, 11) is -0.481. The van der Waals surface area contributed by atoms with Gasteiger partial charge in [-0.05, 0) is 49.9 Å². The first kappa shape index (κ1) is 21.2. The minimum Gasteiger partial charge on any atom is -0.347 e. The zero-order valence-electron chi connectivity index (χ0n) is 17.1. The lowest BCUT2D eigenvalue weighted by molar-refractivity contribution is 0.0945. The maximum Gasteiger partial charge on any atom is 0.270 e. The maximum atomic E-state index is 12.6. The van der Waals surface area contributed by atoms with Crippen LogP contribution in [0.1, 0.15) is 41.0 Å². The van der Waals surface area contributed by atoms with Crippen LogP contribution in [0.4, 0.5) is 5.95 Å². The van der Waals surface area contributed by atoms with E-state index in [0.29, 0.717) is 11.6 Å². The Balaban J connectivity index is 1.67. The molecular formula is C20H27N5O3S. The monoisotopic (exact) mass is 417 g/mol. The summed E-state index contributed by atoms with van der Waals surface area (Å²) < 4.78 is 25.4. The van der Waals surface area contributed by atoms with E-state index in [4.69, 9.17) is 0 Å². The number of aromatic nitrogens is 2. The number of amides is 1. The second-order valence-corrected chi connectivity index (χ2v) is 9.51. The summed E-state index contributed by atoms with van der Waals surface area (Å²) >= 11 is 0. The molecule has 1 fully saturated rings. The first-order chi connectivity index (χ1) is 13.8. The summed E-state index contributed by atoms with van der Waals surface area (Å²) in [4.78, 5) is 23.9. The number of hydrogen-bond donors (Lipinski definition) is 1. The molecule has 1 aromatic heterocycles. The average molecular weight is 418 g/mol. The SMILES string of the molecule is Cc1cc(C(=O)NCc2ccc(S(=O)(=O)N(C)C)cc2)nc(N2CCCCC2)n1. The number of nitrogens with zero attached hydrogens (tertiary/aromatic N) is 4. The molecule has 0 spiro atoms. The Bertz CT molecular complexity index is 968. The molecule has 2 aromatic rings. The maximum absolute atomic E-state index is 12.6. The molecule has 0 bridgehead atoms. The lowest BCUT2D eigenvalue weighted by Gasteiger charge is -2.27. The fourth-order valence-corrected chi connectivity index (χ4v) is 4.07. The third kappa shape index (κ3) is 5.10. The van der Waals surface area contributed by atoms with Gasteiger partial charge in [-0.2, -0.15) is 0 Å². The van der Waals surface area contributed by atoms with Gasteiger partial charge in [0.05, 0.1) is 4.90 Å². The zero-order chi connectivity index (χ0) is 21.0. The second-order valence-electron chi connectivity index (χ2n) is 7.36. The molecule has 1 aliphatic heterocycles. The number of rotatable bonds is 6. The third-order valence-corrected chi connectivity index (χ3v) is 6.70. The van der Waals surface area contributed by atoms with Crippen molar-refractivity contribution in [1.29, 1.82) is 0 Å². The van der Waals surface area contributed by atoms with Crippen LogP contribution < -0.4 is 10.2 Å². The summed E-state index contributed by atoms with van der Waals surface area (Å²) in [5, 5.41) is 2.85. The summed E-state index contributed by atoms with van der Waals surface area (Å²) in [5.74, 6) is 0.326. The highest BCUT2D eigenvalue weighted by atomic mass is 32.2. The van der Waals surface area contributed by atoms with Gasteiger partial charge in [0.15, 0.2) is 0 Å². The number of anilines is 1. The molecule has 2 heterocycles. The average Bonchev–Trinajstić information content (AvgIpc) is 2.72. The van der Waals surface area contributed by atoms with E-state index in [1.165, 1.54) is 24.8 Å². The molecular weight excluding hydrogens is 390 g/mol. The van der Waals surface area contributed by atoms with Crippen LogP contribution >= 0.6 is 0 Å². The predicted octanol–water partition coefficient (Wildman–Crippen LogP) is 1.96. The summed E-state index contributed by atoms with van der Waals surface area (Å²) in [6.45, 7) is 3.96. The van der Waals surface area contributed by atoms with Crippen LogP contribution in [0.3, 0.4) is 0 Å². The van der Waals surface area contributed by atoms with Crippen molar-refractivity contribution < 1.29 is 13.2 Å². The highest BCUT2D eigenvalue weighted by Gasteiger charge is 2.18. The van der Waals surface area contributed by atoms with E-state index in [0.717, 1.165) is 37.2 Å². The molecule has 9 heteroatoms. The van der Waals surface area contributed by atoms with E-state index in [-0.39, 0.29) is 17.3 Å². The van der Waals surface area contributed by atoms with Crippen molar-refractivity contribution in [3.63, 3.8) is 0 Å². The Labute approximate surface area is 172 Å². The van der Waals surface area contributed by atoms with Gasteiger partial charge in [-0.25, -0.2) is 22.7 Å². The number of sulfonamides is 1. The Morgan fingerprint density at radius 3 is 2.38 bits per heavy atom. The molecule has 0 aliphatic carbocycles. The van der Waals surface area contributed by atoms with Crippen molar-refractivity contribution in [2.45, 2.75) is 37.6 Å². The molecule has 1 aromatic carbocycles. The van der Waals surface area contributed by atoms with E-state index >= 15 is 0 Å². The lowest BCUT2D eigenvalue weighted by atomic mass is 10.1. The van der Waals surface area contributed by atoms with Gasteiger partial charge in [-0.1, -0.05) is 12.1 Å². The second kappa shape index (κ2) is 8.87. The molecule has 156 valence electrons. The van der Waals surface area contributed by atoms with E-state index in [2.05, 4.69) is 20.2 Å². The van der Waals surface area contributed by atoms with E-state index in [1.807, 2.05) is 6.92 Å². The fraction of sp³-hybridized carbons (Fsp3) is 0.450. The van der Waals surface area contributed by atoms with Gasteiger partial charge < -0.3 is 10.2 Å². The normalized spacial score (nSPS) is 14.8. The van der Waals surface area contributed by atoms with E-state index in [9.17, 15) is 13.2 Å². The van der Waals surface area contributed by atoms with Gasteiger partial charge >= 0.3 is 0 Å². The summed E-state index contributed by atoms with van der Waals surface area (Å²) in [6.07, 6.45) is 3.43. The Morgan fingerprint density at radius 1 is 1.10 bits per heavy atom. The van der Waals surface area contributed by atoms with Crippen molar-refractivity contribution in [2.75, 3.05) is 32.1 Å². The topological polar surface area (TPSA) is 95.5 Å². The zero-order valence-corrected chi connectivity index (χ0v) is 17.9. The van der Waals surface area contributed by atoms with Crippen LogP contribution in [-0.2, 0) is 16.6 Å². The largest absolute Gasteiger partial charge is 0.347 e. The first-order valence-corrected chi connectivity index (χ1v) is 11.1. The highest BCUT2D eigenvalue weighted by Crippen LogP contribution is 2.17.